The van der Waals surface area contributed by atoms with Gasteiger partial charge >= 0.3 is 0 Å². The first-order chi connectivity index (χ1) is 12.1. The first-order valence-corrected chi connectivity index (χ1v) is 10.6. The largest absolute Gasteiger partial charge is 0.375 e. The van der Waals surface area contributed by atoms with Crippen molar-refractivity contribution in [2.45, 2.75) is 89.6 Å². The second-order valence-corrected chi connectivity index (χ2v) is 9.35. The number of hydrogen-bond donors (Lipinski definition) is 0. The molecule has 0 aromatic carbocycles. The van der Waals surface area contributed by atoms with E-state index < -0.39 is 0 Å². The maximum atomic E-state index is 6.03. The summed E-state index contributed by atoms with van der Waals surface area (Å²) in [6.45, 7) is 8.50. The minimum atomic E-state index is 0.401. The van der Waals surface area contributed by atoms with Gasteiger partial charge in [-0.15, -0.1) is 0 Å². The molecule has 2 heterocycles. The van der Waals surface area contributed by atoms with Crippen LogP contribution in [-0.2, 0) is 18.9 Å². The molecule has 2 aliphatic carbocycles. The molecule has 0 amide bonds. The van der Waals surface area contributed by atoms with E-state index in [0.29, 0.717) is 29.8 Å². The Labute approximate surface area is 152 Å². The molecule has 4 aliphatic rings. The van der Waals surface area contributed by atoms with Crippen LogP contribution < -0.4 is 0 Å². The summed E-state index contributed by atoms with van der Waals surface area (Å²) in [6.07, 6.45) is 12.0. The SMILES string of the molecule is CC(C)(C1CCC(OC[C@@H]2CO2)CC1)C1CCC(OC[C@@H]2CO2)CC1. The molecule has 4 rings (SSSR count). The average Bonchev–Trinajstić information content (AvgIpc) is 3.54. The molecule has 4 fully saturated rings. The Morgan fingerprint density at radius 2 is 1.04 bits per heavy atom. The summed E-state index contributed by atoms with van der Waals surface area (Å²) < 4.78 is 22.6. The molecule has 144 valence electrons. The number of ether oxygens (including phenoxy) is 4. The van der Waals surface area contributed by atoms with E-state index in [1.807, 2.05) is 0 Å². The fourth-order valence-corrected chi connectivity index (χ4v) is 5.10. The van der Waals surface area contributed by atoms with Gasteiger partial charge in [-0.3, -0.25) is 0 Å². The Kier molecular flexibility index (Phi) is 5.71. The number of epoxide rings is 2. The minimum Gasteiger partial charge on any atom is -0.375 e. The fourth-order valence-electron chi connectivity index (χ4n) is 5.10. The van der Waals surface area contributed by atoms with Gasteiger partial charge in [0.1, 0.15) is 12.2 Å². The highest BCUT2D eigenvalue weighted by molar-refractivity contribution is 4.91. The third kappa shape index (κ3) is 4.97. The van der Waals surface area contributed by atoms with Crippen molar-refractivity contribution in [1.29, 1.82) is 0 Å². The van der Waals surface area contributed by atoms with Gasteiger partial charge in [-0.05, 0) is 68.6 Å². The summed E-state index contributed by atoms with van der Waals surface area (Å²) in [5.41, 5.74) is 0.454. The lowest BCUT2D eigenvalue weighted by atomic mass is 9.60. The maximum Gasteiger partial charge on any atom is 0.104 e. The third-order valence-corrected chi connectivity index (χ3v) is 7.29. The van der Waals surface area contributed by atoms with E-state index in [1.54, 1.807) is 0 Å². The van der Waals surface area contributed by atoms with E-state index >= 15 is 0 Å². The van der Waals surface area contributed by atoms with Gasteiger partial charge in [0.25, 0.3) is 0 Å². The lowest BCUT2D eigenvalue weighted by Gasteiger charge is -2.46. The first-order valence-electron chi connectivity index (χ1n) is 10.6. The van der Waals surface area contributed by atoms with Crippen LogP contribution in [0.4, 0.5) is 0 Å². The lowest BCUT2D eigenvalue weighted by molar-refractivity contribution is -0.0387. The minimum absolute atomic E-state index is 0.401. The molecule has 0 bridgehead atoms. The van der Waals surface area contributed by atoms with Gasteiger partial charge in [0, 0.05) is 0 Å². The molecule has 2 saturated heterocycles. The van der Waals surface area contributed by atoms with Gasteiger partial charge < -0.3 is 18.9 Å². The van der Waals surface area contributed by atoms with E-state index in [4.69, 9.17) is 18.9 Å². The second-order valence-electron chi connectivity index (χ2n) is 9.35. The van der Waals surface area contributed by atoms with Gasteiger partial charge in [0.15, 0.2) is 0 Å². The van der Waals surface area contributed by atoms with Gasteiger partial charge in [-0.1, -0.05) is 13.8 Å². The van der Waals surface area contributed by atoms with Crippen molar-refractivity contribution in [2.75, 3.05) is 26.4 Å². The molecule has 0 aromatic heterocycles. The zero-order chi connectivity index (χ0) is 17.3. The highest BCUT2D eigenvalue weighted by Crippen LogP contribution is 2.48. The highest BCUT2D eigenvalue weighted by atomic mass is 16.6. The van der Waals surface area contributed by atoms with Crippen molar-refractivity contribution in [2.24, 2.45) is 17.3 Å². The summed E-state index contributed by atoms with van der Waals surface area (Å²) >= 11 is 0. The molecule has 25 heavy (non-hydrogen) atoms. The molecule has 4 nitrogen and oxygen atoms in total. The summed E-state index contributed by atoms with van der Waals surface area (Å²) in [5, 5.41) is 0. The first kappa shape index (κ1) is 18.2. The molecular formula is C21H36O4. The van der Waals surface area contributed by atoms with Crippen LogP contribution in [0.2, 0.25) is 0 Å². The third-order valence-electron chi connectivity index (χ3n) is 7.29. The van der Waals surface area contributed by atoms with Crippen molar-refractivity contribution in [3.05, 3.63) is 0 Å². The van der Waals surface area contributed by atoms with E-state index in [-0.39, 0.29) is 0 Å². The van der Waals surface area contributed by atoms with Crippen LogP contribution in [-0.4, -0.2) is 50.8 Å². The van der Waals surface area contributed by atoms with E-state index in [2.05, 4.69) is 13.8 Å². The van der Waals surface area contributed by atoms with Crippen molar-refractivity contribution in [3.63, 3.8) is 0 Å². The normalized spacial score (nSPS) is 41.5. The van der Waals surface area contributed by atoms with Crippen LogP contribution >= 0.6 is 0 Å². The predicted octanol–water partition coefficient (Wildman–Crippen LogP) is 3.96. The van der Waals surface area contributed by atoms with Gasteiger partial charge in [0.2, 0.25) is 0 Å². The number of rotatable bonds is 8. The van der Waals surface area contributed by atoms with Gasteiger partial charge in [-0.2, -0.15) is 0 Å². The van der Waals surface area contributed by atoms with Gasteiger partial charge in [-0.25, -0.2) is 0 Å². The Bertz CT molecular complexity index is 376. The number of hydrogen-bond acceptors (Lipinski definition) is 4. The molecule has 2 aliphatic heterocycles. The Balaban J connectivity index is 1.18. The molecule has 0 unspecified atom stereocenters. The quantitative estimate of drug-likeness (QED) is 0.620. The van der Waals surface area contributed by atoms with Crippen molar-refractivity contribution in [1.82, 2.24) is 0 Å². The molecule has 0 radical (unpaired) electrons. The van der Waals surface area contributed by atoms with Gasteiger partial charge in [0.05, 0.1) is 38.6 Å². The summed E-state index contributed by atoms with van der Waals surface area (Å²) in [7, 11) is 0. The van der Waals surface area contributed by atoms with Crippen molar-refractivity contribution in [3.8, 4) is 0 Å². The van der Waals surface area contributed by atoms with Crippen LogP contribution in [0.15, 0.2) is 0 Å². The molecule has 4 heteroatoms. The monoisotopic (exact) mass is 352 g/mol. The molecule has 2 atom stereocenters. The predicted molar refractivity (Wildman–Crippen MR) is 96.7 cm³/mol. The van der Waals surface area contributed by atoms with Crippen LogP contribution in [0.5, 0.6) is 0 Å². The molecule has 2 saturated carbocycles. The highest BCUT2D eigenvalue weighted by Gasteiger charge is 2.41. The van der Waals surface area contributed by atoms with E-state index in [0.717, 1.165) is 38.3 Å². The van der Waals surface area contributed by atoms with Crippen LogP contribution in [0.1, 0.15) is 65.2 Å². The second kappa shape index (κ2) is 7.84. The topological polar surface area (TPSA) is 43.5 Å². The van der Waals surface area contributed by atoms with E-state index in [1.165, 1.54) is 51.4 Å². The summed E-state index contributed by atoms with van der Waals surface area (Å²) in [4.78, 5) is 0. The van der Waals surface area contributed by atoms with Crippen molar-refractivity contribution < 1.29 is 18.9 Å². The smallest absolute Gasteiger partial charge is 0.104 e. The molecule has 0 N–H and O–H groups in total. The maximum absolute atomic E-state index is 6.03. The van der Waals surface area contributed by atoms with Crippen LogP contribution in [0.3, 0.4) is 0 Å². The summed E-state index contributed by atoms with van der Waals surface area (Å²) in [6, 6.07) is 0. The van der Waals surface area contributed by atoms with Crippen LogP contribution in [0.25, 0.3) is 0 Å². The van der Waals surface area contributed by atoms with Crippen LogP contribution in [0, 0.1) is 17.3 Å². The Morgan fingerprint density at radius 1 is 0.680 bits per heavy atom. The molecule has 0 spiro atoms. The van der Waals surface area contributed by atoms with Crippen molar-refractivity contribution >= 4 is 0 Å². The van der Waals surface area contributed by atoms with E-state index in [9.17, 15) is 0 Å². The Morgan fingerprint density at radius 3 is 1.36 bits per heavy atom. The zero-order valence-corrected chi connectivity index (χ0v) is 16.1. The Hall–Kier alpha value is -0.160. The molecule has 0 aromatic rings. The summed E-state index contributed by atoms with van der Waals surface area (Å²) in [5.74, 6) is 1.71. The lowest BCUT2D eigenvalue weighted by Crippen LogP contribution is -2.39. The zero-order valence-electron chi connectivity index (χ0n) is 16.1. The fraction of sp³-hybridized carbons (Fsp3) is 1.00. The standard InChI is InChI=1S/C21H36O4/c1-21(2,15-3-7-17(8-4-15)22-11-19-13-24-19)16-5-9-18(10-6-16)23-12-20-14-25-20/h15-20H,3-14H2,1-2H3/t15?,16?,17?,18?,19-,20-/m1/s1. The molecular weight excluding hydrogens is 316 g/mol. The average molecular weight is 353 g/mol.